The molecule has 3 aromatic rings. The highest BCUT2D eigenvalue weighted by Gasteiger charge is 2.35. The van der Waals surface area contributed by atoms with E-state index in [1.807, 2.05) is 12.1 Å². The Morgan fingerprint density at radius 3 is 2.60 bits per heavy atom. The molecule has 0 aliphatic heterocycles. The molecule has 0 saturated carbocycles. The minimum Gasteiger partial charge on any atom is -0.380 e. The molecule has 0 bridgehead atoms. The van der Waals surface area contributed by atoms with E-state index in [1.165, 1.54) is 0 Å². The molecule has 0 radical (unpaired) electrons. The lowest BCUT2D eigenvalue weighted by Crippen LogP contribution is -2.11. The highest BCUT2D eigenvalue weighted by Crippen LogP contribution is 2.37. The first-order chi connectivity index (χ1) is 11.9. The van der Waals surface area contributed by atoms with Gasteiger partial charge in [-0.2, -0.15) is 13.2 Å². The zero-order valence-corrected chi connectivity index (χ0v) is 12.7. The Kier molecular flexibility index (Phi) is 4.26. The predicted molar refractivity (Wildman–Crippen MR) is 87.2 cm³/mol. The van der Waals surface area contributed by atoms with E-state index in [9.17, 15) is 23.3 Å². The number of non-ortho nitro benzene ring substituents is 1. The Labute approximate surface area is 140 Å². The van der Waals surface area contributed by atoms with Crippen LogP contribution in [-0.2, 0) is 12.7 Å². The maximum Gasteiger partial charge on any atom is 0.418 e. The number of alkyl halides is 3. The van der Waals surface area contributed by atoms with Gasteiger partial charge in [-0.05, 0) is 17.7 Å². The number of pyridine rings is 1. The lowest BCUT2D eigenvalue weighted by atomic mass is 10.1. The molecule has 0 aliphatic rings. The van der Waals surface area contributed by atoms with Crippen LogP contribution in [0.3, 0.4) is 0 Å². The van der Waals surface area contributed by atoms with Crippen LogP contribution in [0.2, 0.25) is 0 Å². The highest BCUT2D eigenvalue weighted by atomic mass is 19.4. The third-order valence-corrected chi connectivity index (χ3v) is 3.70. The summed E-state index contributed by atoms with van der Waals surface area (Å²) in [5.74, 6) is 0. The summed E-state index contributed by atoms with van der Waals surface area (Å²) < 4.78 is 39.6. The van der Waals surface area contributed by atoms with Crippen molar-refractivity contribution in [2.75, 3.05) is 5.32 Å². The Bertz CT molecular complexity index is 937. The number of nitrogens with zero attached hydrogens (tertiary/aromatic N) is 2. The number of hydrogen-bond acceptors (Lipinski definition) is 4. The Hall–Kier alpha value is -3.16. The largest absolute Gasteiger partial charge is 0.418 e. The average Bonchev–Trinajstić information content (AvgIpc) is 2.59. The van der Waals surface area contributed by atoms with Crippen molar-refractivity contribution in [3.05, 3.63) is 76.0 Å². The molecule has 25 heavy (non-hydrogen) atoms. The molecule has 0 spiro atoms. The molecular formula is C17H12F3N3O2. The number of aromatic nitrogens is 1. The maximum atomic E-state index is 13.2. The van der Waals surface area contributed by atoms with Crippen LogP contribution in [0.1, 0.15) is 11.1 Å². The van der Waals surface area contributed by atoms with Gasteiger partial charge in [0.05, 0.1) is 16.0 Å². The zero-order valence-electron chi connectivity index (χ0n) is 12.7. The third-order valence-electron chi connectivity index (χ3n) is 3.70. The molecule has 3 rings (SSSR count). The molecule has 5 nitrogen and oxygen atoms in total. The number of fused-ring (bicyclic) bond motifs is 1. The van der Waals surface area contributed by atoms with E-state index < -0.39 is 22.4 Å². The van der Waals surface area contributed by atoms with Crippen molar-refractivity contribution < 1.29 is 18.1 Å². The molecule has 0 saturated heterocycles. The van der Waals surface area contributed by atoms with Crippen LogP contribution in [0.25, 0.3) is 10.9 Å². The van der Waals surface area contributed by atoms with Crippen LogP contribution < -0.4 is 5.32 Å². The summed E-state index contributed by atoms with van der Waals surface area (Å²) in [5.41, 5.74) is -0.483. The number of hydrogen-bond donors (Lipinski definition) is 1. The van der Waals surface area contributed by atoms with Crippen LogP contribution in [0, 0.1) is 10.1 Å². The molecule has 0 unspecified atom stereocenters. The highest BCUT2D eigenvalue weighted by molar-refractivity contribution is 5.81. The number of nitro benzene ring substituents is 1. The number of para-hydroxylation sites is 1. The molecule has 0 atom stereocenters. The molecular weight excluding hydrogens is 335 g/mol. The average molecular weight is 347 g/mol. The second-order valence-electron chi connectivity index (χ2n) is 5.33. The Morgan fingerprint density at radius 2 is 1.88 bits per heavy atom. The van der Waals surface area contributed by atoms with E-state index in [4.69, 9.17) is 0 Å². The zero-order chi connectivity index (χ0) is 18.0. The Morgan fingerprint density at radius 1 is 1.12 bits per heavy atom. The SMILES string of the molecule is O=[N+]([O-])c1ccc(NCc2cccc3cccnc23)c(C(F)(F)F)c1. The quantitative estimate of drug-likeness (QED) is 0.545. The van der Waals surface area contributed by atoms with Crippen molar-refractivity contribution >= 4 is 22.3 Å². The number of halogens is 3. The van der Waals surface area contributed by atoms with Gasteiger partial charge in [0, 0.05) is 35.9 Å². The van der Waals surface area contributed by atoms with Crippen LogP contribution in [-0.4, -0.2) is 9.91 Å². The number of anilines is 1. The van der Waals surface area contributed by atoms with Crippen molar-refractivity contribution in [1.82, 2.24) is 4.98 Å². The van der Waals surface area contributed by atoms with Gasteiger partial charge >= 0.3 is 6.18 Å². The van der Waals surface area contributed by atoms with Gasteiger partial charge in [-0.3, -0.25) is 15.1 Å². The molecule has 0 aliphatic carbocycles. The van der Waals surface area contributed by atoms with E-state index in [1.54, 1.807) is 24.4 Å². The summed E-state index contributed by atoms with van der Waals surface area (Å²) in [7, 11) is 0. The number of nitrogens with one attached hydrogen (secondary N) is 1. The molecule has 8 heteroatoms. The minimum atomic E-state index is -4.70. The maximum absolute atomic E-state index is 13.2. The van der Waals surface area contributed by atoms with Crippen LogP contribution in [0.5, 0.6) is 0 Å². The molecule has 1 heterocycles. The van der Waals surface area contributed by atoms with Gasteiger partial charge in [0.25, 0.3) is 5.69 Å². The van der Waals surface area contributed by atoms with Gasteiger partial charge in [-0.1, -0.05) is 24.3 Å². The molecule has 1 aromatic heterocycles. The molecule has 0 fully saturated rings. The van der Waals surface area contributed by atoms with E-state index in [0.717, 1.165) is 23.1 Å². The van der Waals surface area contributed by atoms with Crippen LogP contribution in [0.15, 0.2) is 54.7 Å². The standard InChI is InChI=1S/C17H12F3N3O2/c18-17(19,20)14-9-13(23(24)25)6-7-15(14)22-10-12-4-1-3-11-5-2-8-21-16(11)12/h1-9,22H,10H2. The first-order valence-corrected chi connectivity index (χ1v) is 7.28. The molecule has 1 N–H and O–H groups in total. The Balaban J connectivity index is 1.94. The lowest BCUT2D eigenvalue weighted by Gasteiger charge is -2.15. The smallest absolute Gasteiger partial charge is 0.380 e. The van der Waals surface area contributed by atoms with Gasteiger partial charge in [0.2, 0.25) is 0 Å². The van der Waals surface area contributed by atoms with Crippen molar-refractivity contribution in [3.63, 3.8) is 0 Å². The van der Waals surface area contributed by atoms with Crippen molar-refractivity contribution in [2.45, 2.75) is 12.7 Å². The summed E-state index contributed by atoms with van der Waals surface area (Å²) in [6.45, 7) is 0.106. The van der Waals surface area contributed by atoms with Gasteiger partial charge in [-0.25, -0.2) is 0 Å². The predicted octanol–water partition coefficient (Wildman–Crippen LogP) is 4.77. The van der Waals surface area contributed by atoms with E-state index >= 15 is 0 Å². The summed E-state index contributed by atoms with van der Waals surface area (Å²) in [4.78, 5) is 14.1. The van der Waals surface area contributed by atoms with Crippen molar-refractivity contribution in [1.29, 1.82) is 0 Å². The van der Waals surface area contributed by atoms with Crippen molar-refractivity contribution in [3.8, 4) is 0 Å². The normalized spacial score (nSPS) is 11.5. The second-order valence-corrected chi connectivity index (χ2v) is 5.33. The van der Waals surface area contributed by atoms with Crippen LogP contribution >= 0.6 is 0 Å². The first-order valence-electron chi connectivity index (χ1n) is 7.28. The monoisotopic (exact) mass is 347 g/mol. The van der Waals surface area contributed by atoms with Gasteiger partial charge < -0.3 is 5.32 Å². The fourth-order valence-corrected chi connectivity index (χ4v) is 2.53. The van der Waals surface area contributed by atoms with E-state index in [2.05, 4.69) is 10.3 Å². The van der Waals surface area contributed by atoms with Crippen LogP contribution in [0.4, 0.5) is 24.5 Å². The van der Waals surface area contributed by atoms with Crippen molar-refractivity contribution in [2.24, 2.45) is 0 Å². The molecule has 128 valence electrons. The van der Waals surface area contributed by atoms with Gasteiger partial charge in [-0.15, -0.1) is 0 Å². The fourth-order valence-electron chi connectivity index (χ4n) is 2.53. The minimum absolute atomic E-state index is 0.106. The second kappa shape index (κ2) is 6.39. The third kappa shape index (κ3) is 3.52. The molecule has 0 amide bonds. The van der Waals surface area contributed by atoms with E-state index in [-0.39, 0.29) is 12.2 Å². The van der Waals surface area contributed by atoms with Gasteiger partial charge in [0.1, 0.15) is 0 Å². The lowest BCUT2D eigenvalue weighted by molar-refractivity contribution is -0.385. The van der Waals surface area contributed by atoms with E-state index in [0.29, 0.717) is 11.6 Å². The number of nitro groups is 1. The first kappa shape index (κ1) is 16.7. The summed E-state index contributed by atoms with van der Waals surface area (Å²) >= 11 is 0. The number of rotatable bonds is 4. The van der Waals surface area contributed by atoms with Gasteiger partial charge in [0.15, 0.2) is 0 Å². The number of benzene rings is 2. The summed E-state index contributed by atoms with van der Waals surface area (Å²) in [6, 6.07) is 11.7. The fraction of sp³-hybridized carbons (Fsp3) is 0.118. The molecule has 2 aromatic carbocycles. The topological polar surface area (TPSA) is 68.1 Å². The summed E-state index contributed by atoms with van der Waals surface area (Å²) in [6.07, 6.45) is -3.09. The summed E-state index contributed by atoms with van der Waals surface area (Å²) in [5, 5.41) is 14.3.